The van der Waals surface area contributed by atoms with E-state index in [1.807, 2.05) is 0 Å². The Morgan fingerprint density at radius 3 is 2.48 bits per heavy atom. The summed E-state index contributed by atoms with van der Waals surface area (Å²) in [6, 6.07) is 9.56. The summed E-state index contributed by atoms with van der Waals surface area (Å²) >= 11 is 0. The lowest BCUT2D eigenvalue weighted by molar-refractivity contribution is -0.000191. The van der Waals surface area contributed by atoms with Crippen LogP contribution in [0.2, 0.25) is 0 Å². The van der Waals surface area contributed by atoms with E-state index in [1.54, 1.807) is 0 Å². The molecule has 3 nitrogen and oxygen atoms in total. The molecule has 2 aliphatic rings. The highest BCUT2D eigenvalue weighted by Crippen LogP contribution is 2.42. The third-order valence-electron chi connectivity index (χ3n) is 5.06. The largest absolute Gasteiger partial charge is 0.381 e. The number of hydrogen-bond acceptors (Lipinski definition) is 3. The second-order valence-corrected chi connectivity index (χ2v) is 6.74. The van der Waals surface area contributed by atoms with Crippen molar-refractivity contribution in [1.82, 2.24) is 5.32 Å². The van der Waals surface area contributed by atoms with Crippen LogP contribution in [0.5, 0.6) is 0 Å². The maximum absolute atomic E-state index is 5.49. The summed E-state index contributed by atoms with van der Waals surface area (Å²) in [5.41, 5.74) is 3.31. The van der Waals surface area contributed by atoms with Gasteiger partial charge in [-0.15, -0.1) is 0 Å². The van der Waals surface area contributed by atoms with Crippen LogP contribution in [0.1, 0.15) is 44.7 Å². The molecule has 21 heavy (non-hydrogen) atoms. The summed E-state index contributed by atoms with van der Waals surface area (Å²) in [6.45, 7) is 9.85. The van der Waals surface area contributed by atoms with Gasteiger partial charge in [-0.3, -0.25) is 0 Å². The Kier molecular flexibility index (Phi) is 4.51. The number of benzene rings is 1. The predicted molar refractivity (Wildman–Crippen MR) is 87.8 cm³/mol. The fourth-order valence-electron chi connectivity index (χ4n) is 3.52. The van der Waals surface area contributed by atoms with Gasteiger partial charge in [0, 0.05) is 43.4 Å². The minimum absolute atomic E-state index is 0.442. The summed E-state index contributed by atoms with van der Waals surface area (Å²) in [4.78, 5) is 2.51. The number of nitrogens with one attached hydrogen (secondary N) is 1. The third-order valence-corrected chi connectivity index (χ3v) is 5.06. The Hall–Kier alpha value is -1.06. The van der Waals surface area contributed by atoms with Crippen molar-refractivity contribution in [1.29, 1.82) is 0 Å². The Balaban J connectivity index is 1.56. The normalized spacial score (nSPS) is 22.1. The van der Waals surface area contributed by atoms with Crippen LogP contribution in [-0.4, -0.2) is 32.8 Å². The molecule has 2 aliphatic heterocycles. The van der Waals surface area contributed by atoms with Crippen LogP contribution in [0, 0.1) is 5.41 Å². The van der Waals surface area contributed by atoms with Crippen LogP contribution in [0.3, 0.4) is 0 Å². The first kappa shape index (κ1) is 14.9. The van der Waals surface area contributed by atoms with Crippen LogP contribution in [0.4, 0.5) is 5.69 Å². The van der Waals surface area contributed by atoms with Gasteiger partial charge in [-0.05, 0) is 50.4 Å². The molecule has 2 heterocycles. The maximum atomic E-state index is 5.49. The molecular formula is C18H28N2O. The number of hydrogen-bond donors (Lipinski definition) is 1. The molecule has 3 heteroatoms. The number of rotatable bonds is 5. The molecule has 2 saturated heterocycles. The summed E-state index contributed by atoms with van der Waals surface area (Å²) in [5, 5.41) is 3.54. The second-order valence-electron chi connectivity index (χ2n) is 6.74. The highest BCUT2D eigenvalue weighted by atomic mass is 16.5. The average molecular weight is 288 g/mol. The minimum Gasteiger partial charge on any atom is -0.381 e. The summed E-state index contributed by atoms with van der Waals surface area (Å²) in [6.07, 6.45) is 3.65. The van der Waals surface area contributed by atoms with Crippen LogP contribution in [0.25, 0.3) is 0 Å². The van der Waals surface area contributed by atoms with Crippen molar-refractivity contribution in [2.24, 2.45) is 5.41 Å². The van der Waals surface area contributed by atoms with Crippen molar-refractivity contribution in [3.63, 3.8) is 0 Å². The van der Waals surface area contributed by atoms with Crippen molar-refractivity contribution >= 4 is 5.69 Å². The first-order valence-electron chi connectivity index (χ1n) is 8.38. The van der Waals surface area contributed by atoms with Gasteiger partial charge in [0.15, 0.2) is 0 Å². The standard InChI is InChI=1S/C18H28N2O/c1-3-10-19-15(2)16-4-6-17(7-5-16)20-13-18(14-20)8-11-21-12-9-18/h4-7,15,19H,3,8-14H2,1-2H3. The molecule has 3 rings (SSSR count). The first-order valence-corrected chi connectivity index (χ1v) is 8.38. The monoisotopic (exact) mass is 288 g/mol. The van der Waals surface area contributed by atoms with E-state index < -0.39 is 0 Å². The highest BCUT2D eigenvalue weighted by Gasteiger charge is 2.43. The van der Waals surface area contributed by atoms with E-state index >= 15 is 0 Å². The predicted octanol–water partition coefficient (Wildman–Crippen LogP) is 3.36. The molecule has 0 bridgehead atoms. The van der Waals surface area contributed by atoms with E-state index in [-0.39, 0.29) is 0 Å². The molecule has 1 aromatic carbocycles. The Morgan fingerprint density at radius 1 is 1.19 bits per heavy atom. The van der Waals surface area contributed by atoms with Gasteiger partial charge >= 0.3 is 0 Å². The maximum Gasteiger partial charge on any atom is 0.0472 e. The van der Waals surface area contributed by atoms with Crippen LogP contribution in [-0.2, 0) is 4.74 Å². The first-order chi connectivity index (χ1) is 10.2. The van der Waals surface area contributed by atoms with Crippen molar-refractivity contribution in [2.45, 2.75) is 39.2 Å². The second kappa shape index (κ2) is 6.37. The van der Waals surface area contributed by atoms with Gasteiger partial charge in [-0.2, -0.15) is 0 Å². The minimum atomic E-state index is 0.442. The lowest BCUT2D eigenvalue weighted by Crippen LogP contribution is -2.58. The van der Waals surface area contributed by atoms with E-state index in [9.17, 15) is 0 Å². The van der Waals surface area contributed by atoms with E-state index in [4.69, 9.17) is 4.74 Å². The van der Waals surface area contributed by atoms with Gasteiger partial charge in [0.25, 0.3) is 0 Å². The van der Waals surface area contributed by atoms with Gasteiger partial charge in [0.05, 0.1) is 0 Å². The van der Waals surface area contributed by atoms with E-state index in [0.29, 0.717) is 11.5 Å². The van der Waals surface area contributed by atoms with Crippen LogP contribution < -0.4 is 10.2 Å². The van der Waals surface area contributed by atoms with Gasteiger partial charge in [-0.1, -0.05) is 19.1 Å². The SMILES string of the molecule is CCCNC(C)c1ccc(N2CC3(CCOCC3)C2)cc1. The zero-order valence-electron chi connectivity index (χ0n) is 13.4. The van der Waals surface area contributed by atoms with Gasteiger partial charge in [0.2, 0.25) is 0 Å². The molecule has 0 saturated carbocycles. The topological polar surface area (TPSA) is 24.5 Å². The van der Waals surface area contributed by atoms with Crippen LogP contribution >= 0.6 is 0 Å². The van der Waals surface area contributed by atoms with Gasteiger partial charge in [-0.25, -0.2) is 0 Å². The molecule has 1 unspecified atom stereocenters. The average Bonchev–Trinajstić information content (AvgIpc) is 2.51. The van der Waals surface area contributed by atoms with Crippen molar-refractivity contribution in [2.75, 3.05) is 37.7 Å². The number of ether oxygens (including phenoxy) is 1. The lowest BCUT2D eigenvalue weighted by atomic mass is 9.73. The van der Waals surface area contributed by atoms with Crippen LogP contribution in [0.15, 0.2) is 24.3 Å². The summed E-state index contributed by atoms with van der Waals surface area (Å²) in [7, 11) is 0. The third kappa shape index (κ3) is 3.24. The molecule has 0 amide bonds. The molecule has 1 spiro atoms. The van der Waals surface area contributed by atoms with Crippen molar-refractivity contribution in [3.8, 4) is 0 Å². The number of nitrogens with zero attached hydrogens (tertiary/aromatic N) is 1. The molecule has 1 atom stereocenters. The van der Waals surface area contributed by atoms with Crippen molar-refractivity contribution < 1.29 is 4.74 Å². The van der Waals surface area contributed by atoms with Gasteiger partial charge < -0.3 is 15.0 Å². The fraction of sp³-hybridized carbons (Fsp3) is 0.667. The molecule has 0 radical (unpaired) electrons. The van der Waals surface area contributed by atoms with Crippen molar-refractivity contribution in [3.05, 3.63) is 29.8 Å². The zero-order chi connectivity index (χ0) is 14.7. The van der Waals surface area contributed by atoms with E-state index in [2.05, 4.69) is 48.3 Å². The quantitative estimate of drug-likeness (QED) is 0.899. The highest BCUT2D eigenvalue weighted by molar-refractivity contribution is 5.51. The summed E-state index contributed by atoms with van der Waals surface area (Å²) < 4.78 is 5.49. The fourth-order valence-corrected chi connectivity index (χ4v) is 3.52. The van der Waals surface area contributed by atoms with Gasteiger partial charge in [0.1, 0.15) is 0 Å². The summed E-state index contributed by atoms with van der Waals surface area (Å²) in [5.74, 6) is 0. The molecule has 0 aliphatic carbocycles. The molecule has 1 N–H and O–H groups in total. The Labute approximate surface area is 128 Å². The van der Waals surface area contributed by atoms with E-state index in [1.165, 1.54) is 43.6 Å². The van der Waals surface area contributed by atoms with E-state index in [0.717, 1.165) is 19.8 Å². The number of anilines is 1. The zero-order valence-corrected chi connectivity index (χ0v) is 13.4. The smallest absolute Gasteiger partial charge is 0.0472 e. The molecule has 1 aromatic rings. The lowest BCUT2D eigenvalue weighted by Gasteiger charge is -2.53. The molecule has 2 fully saturated rings. The molecule has 116 valence electrons. The molecular weight excluding hydrogens is 260 g/mol. The Morgan fingerprint density at radius 2 is 1.86 bits per heavy atom. The Bertz CT molecular complexity index is 443. The molecule has 0 aromatic heterocycles.